The number of nitrogens with zero attached hydrogens (tertiary/aromatic N) is 2. The van der Waals surface area contributed by atoms with Crippen LogP contribution in [0.3, 0.4) is 0 Å². The second kappa shape index (κ2) is 3.75. The Kier molecular flexibility index (Phi) is 2.60. The molecule has 0 bridgehead atoms. The van der Waals surface area contributed by atoms with Crippen molar-refractivity contribution in [1.29, 1.82) is 0 Å². The minimum Gasteiger partial charge on any atom is -0.398 e. The number of hydrogen-bond donors (Lipinski definition) is 0. The predicted octanol–water partition coefficient (Wildman–Crippen LogP) is 2.17. The molecular formula is C12H18BClN2O2. The molecule has 1 aromatic rings. The number of aromatic nitrogens is 2. The Labute approximate surface area is 113 Å². The van der Waals surface area contributed by atoms with Crippen molar-refractivity contribution in [3.63, 3.8) is 0 Å². The van der Waals surface area contributed by atoms with Crippen molar-refractivity contribution in [3.05, 3.63) is 11.2 Å². The highest BCUT2D eigenvalue weighted by Crippen LogP contribution is 2.39. The van der Waals surface area contributed by atoms with Crippen LogP contribution in [0.15, 0.2) is 6.20 Å². The molecule has 2 fully saturated rings. The summed E-state index contributed by atoms with van der Waals surface area (Å²) in [7, 11) is -0.425. The fraction of sp³-hybridized carbons (Fsp3) is 0.750. The van der Waals surface area contributed by atoms with E-state index < -0.39 is 7.12 Å². The molecule has 1 aliphatic carbocycles. The summed E-state index contributed by atoms with van der Waals surface area (Å²) >= 11 is 6.24. The van der Waals surface area contributed by atoms with Gasteiger partial charge in [-0.2, -0.15) is 5.10 Å². The van der Waals surface area contributed by atoms with E-state index >= 15 is 0 Å². The van der Waals surface area contributed by atoms with E-state index in [-0.39, 0.29) is 11.2 Å². The van der Waals surface area contributed by atoms with Crippen molar-refractivity contribution < 1.29 is 9.31 Å². The molecule has 6 heteroatoms. The van der Waals surface area contributed by atoms with Crippen LogP contribution in [-0.2, 0) is 9.31 Å². The highest BCUT2D eigenvalue weighted by Gasteiger charge is 2.54. The molecule has 98 valence electrons. The van der Waals surface area contributed by atoms with Gasteiger partial charge in [-0.05, 0) is 40.5 Å². The molecule has 4 nitrogen and oxygen atoms in total. The zero-order chi connectivity index (χ0) is 13.1. The Balaban J connectivity index is 1.95. The van der Waals surface area contributed by atoms with Gasteiger partial charge in [0.05, 0.1) is 34.1 Å². The Morgan fingerprint density at radius 3 is 2.33 bits per heavy atom. The van der Waals surface area contributed by atoms with Crippen LogP contribution < -0.4 is 5.59 Å². The van der Waals surface area contributed by atoms with E-state index in [0.29, 0.717) is 11.1 Å². The van der Waals surface area contributed by atoms with Crippen molar-refractivity contribution in [2.75, 3.05) is 0 Å². The van der Waals surface area contributed by atoms with Gasteiger partial charge in [0.1, 0.15) is 0 Å². The lowest BCUT2D eigenvalue weighted by molar-refractivity contribution is 0.00578. The number of halogens is 1. The predicted molar refractivity (Wildman–Crippen MR) is 71.2 cm³/mol. The first-order valence-corrected chi connectivity index (χ1v) is 6.78. The normalized spacial score (nSPS) is 25.7. The SMILES string of the molecule is CC1(C)OB(c2c(Cl)cnn2C2CC2)OC1(C)C. The third kappa shape index (κ3) is 1.80. The van der Waals surface area contributed by atoms with E-state index in [4.69, 9.17) is 20.9 Å². The van der Waals surface area contributed by atoms with Crippen molar-refractivity contribution in [3.8, 4) is 0 Å². The molecule has 1 aromatic heterocycles. The molecule has 0 amide bonds. The highest BCUT2D eigenvalue weighted by molar-refractivity contribution is 6.64. The first kappa shape index (κ1) is 12.5. The van der Waals surface area contributed by atoms with Crippen LogP contribution in [0.25, 0.3) is 0 Å². The van der Waals surface area contributed by atoms with Crippen molar-refractivity contribution >= 4 is 24.3 Å². The quantitative estimate of drug-likeness (QED) is 0.771. The summed E-state index contributed by atoms with van der Waals surface area (Å²) in [5.74, 6) is 0. The standard InChI is InChI=1S/C12H18BClN2O2/c1-11(2)12(3,4)18-13(17-11)10-9(14)7-15-16(10)8-5-6-8/h7-8H,5-6H2,1-4H3. The van der Waals surface area contributed by atoms with Crippen LogP contribution in [0.2, 0.25) is 5.02 Å². The molecule has 0 atom stereocenters. The van der Waals surface area contributed by atoms with E-state index in [1.165, 1.54) is 0 Å². The van der Waals surface area contributed by atoms with Gasteiger partial charge >= 0.3 is 7.12 Å². The zero-order valence-electron chi connectivity index (χ0n) is 11.2. The lowest BCUT2D eigenvalue weighted by Crippen LogP contribution is -2.41. The molecule has 0 spiro atoms. The van der Waals surface area contributed by atoms with Crippen LogP contribution in [0, 0.1) is 0 Å². The molecule has 1 saturated carbocycles. The van der Waals surface area contributed by atoms with Gasteiger partial charge in [-0.1, -0.05) is 11.6 Å². The molecule has 2 heterocycles. The minimum atomic E-state index is -0.425. The van der Waals surface area contributed by atoms with Crippen LogP contribution in [0.5, 0.6) is 0 Å². The monoisotopic (exact) mass is 268 g/mol. The number of hydrogen-bond acceptors (Lipinski definition) is 3. The smallest absolute Gasteiger partial charge is 0.398 e. The summed E-state index contributed by atoms with van der Waals surface area (Å²) in [6.45, 7) is 8.16. The summed E-state index contributed by atoms with van der Waals surface area (Å²) in [5, 5.41) is 4.97. The topological polar surface area (TPSA) is 36.3 Å². The van der Waals surface area contributed by atoms with Crippen molar-refractivity contribution in [2.45, 2.75) is 57.8 Å². The minimum absolute atomic E-state index is 0.348. The fourth-order valence-corrected chi connectivity index (χ4v) is 2.36. The van der Waals surface area contributed by atoms with Gasteiger partial charge in [-0.3, -0.25) is 4.68 Å². The molecule has 2 aliphatic rings. The second-order valence-corrected chi connectivity index (χ2v) is 6.55. The van der Waals surface area contributed by atoms with Crippen LogP contribution in [-0.4, -0.2) is 28.1 Å². The summed E-state index contributed by atoms with van der Waals surface area (Å²) in [4.78, 5) is 0. The molecule has 0 aromatic carbocycles. The van der Waals surface area contributed by atoms with E-state index in [1.54, 1.807) is 6.20 Å². The second-order valence-electron chi connectivity index (χ2n) is 6.14. The molecule has 0 N–H and O–H groups in total. The third-order valence-electron chi connectivity index (χ3n) is 4.16. The largest absolute Gasteiger partial charge is 0.515 e. The maximum atomic E-state index is 6.24. The average molecular weight is 269 g/mol. The molecule has 18 heavy (non-hydrogen) atoms. The van der Waals surface area contributed by atoms with E-state index in [9.17, 15) is 0 Å². The van der Waals surface area contributed by atoms with Gasteiger partial charge in [-0.25, -0.2) is 0 Å². The number of rotatable bonds is 2. The van der Waals surface area contributed by atoms with E-state index in [0.717, 1.165) is 18.4 Å². The Bertz CT molecular complexity index is 466. The van der Waals surface area contributed by atoms with Crippen molar-refractivity contribution in [2.24, 2.45) is 0 Å². The van der Waals surface area contributed by atoms with Crippen LogP contribution in [0.4, 0.5) is 0 Å². The first-order chi connectivity index (χ1) is 8.32. The Hall–Kier alpha value is -0.515. The van der Waals surface area contributed by atoms with E-state index in [1.807, 2.05) is 32.4 Å². The maximum absolute atomic E-state index is 6.24. The van der Waals surface area contributed by atoms with Gasteiger partial charge < -0.3 is 9.31 Å². The van der Waals surface area contributed by atoms with Gasteiger partial charge in [0, 0.05) is 0 Å². The summed E-state index contributed by atoms with van der Waals surface area (Å²) < 4.78 is 14.0. The lowest BCUT2D eigenvalue weighted by Gasteiger charge is -2.32. The molecule has 3 rings (SSSR count). The first-order valence-electron chi connectivity index (χ1n) is 6.40. The summed E-state index contributed by atoms with van der Waals surface area (Å²) in [6, 6.07) is 0.464. The molecule has 0 radical (unpaired) electrons. The van der Waals surface area contributed by atoms with Crippen LogP contribution in [0.1, 0.15) is 46.6 Å². The molecular weight excluding hydrogens is 250 g/mol. The molecule has 0 unspecified atom stereocenters. The third-order valence-corrected chi connectivity index (χ3v) is 4.45. The maximum Gasteiger partial charge on any atom is 0.515 e. The molecule has 1 saturated heterocycles. The summed E-state index contributed by atoms with van der Waals surface area (Å²) in [6.07, 6.45) is 4.00. The van der Waals surface area contributed by atoms with Gasteiger partial charge in [-0.15, -0.1) is 0 Å². The average Bonchev–Trinajstić information content (AvgIpc) is 2.96. The van der Waals surface area contributed by atoms with Gasteiger partial charge in [0.25, 0.3) is 0 Å². The summed E-state index contributed by atoms with van der Waals surface area (Å²) in [5.41, 5.74) is 0.164. The highest BCUT2D eigenvalue weighted by atomic mass is 35.5. The zero-order valence-corrected chi connectivity index (χ0v) is 12.0. The fourth-order valence-electron chi connectivity index (χ4n) is 2.14. The van der Waals surface area contributed by atoms with Crippen molar-refractivity contribution in [1.82, 2.24) is 9.78 Å². The Morgan fingerprint density at radius 2 is 1.83 bits per heavy atom. The Morgan fingerprint density at radius 1 is 1.28 bits per heavy atom. The van der Waals surface area contributed by atoms with Gasteiger partial charge in [0.2, 0.25) is 0 Å². The molecule has 1 aliphatic heterocycles. The van der Waals surface area contributed by atoms with E-state index in [2.05, 4.69) is 5.10 Å². The lowest BCUT2D eigenvalue weighted by atomic mass is 9.84. The van der Waals surface area contributed by atoms with Crippen LogP contribution >= 0.6 is 11.6 Å². The van der Waals surface area contributed by atoms with Gasteiger partial charge in [0.15, 0.2) is 0 Å².